The highest BCUT2D eigenvalue weighted by Crippen LogP contribution is 2.29. The number of likely N-dealkylation sites (tertiary alicyclic amines) is 1. The first-order valence-corrected chi connectivity index (χ1v) is 8.99. The van der Waals surface area contributed by atoms with Crippen molar-refractivity contribution in [2.45, 2.75) is 31.8 Å². The van der Waals surface area contributed by atoms with E-state index in [0.717, 1.165) is 10.1 Å². The summed E-state index contributed by atoms with van der Waals surface area (Å²) in [5.74, 6) is -0.813. The molecule has 7 nitrogen and oxygen atoms in total. The second-order valence-corrected chi connectivity index (χ2v) is 6.89. The quantitative estimate of drug-likeness (QED) is 0.746. The molecule has 3 aromatic rings. The molecule has 0 bridgehead atoms. The first-order chi connectivity index (χ1) is 13.4. The van der Waals surface area contributed by atoms with E-state index in [1.165, 1.54) is 11.0 Å². The van der Waals surface area contributed by atoms with Gasteiger partial charge in [-0.05, 0) is 25.0 Å². The number of hydrogen-bond donors (Lipinski definition) is 1. The van der Waals surface area contributed by atoms with E-state index in [9.17, 15) is 18.7 Å². The first kappa shape index (κ1) is 18.4. The minimum atomic E-state index is -2.77. The van der Waals surface area contributed by atoms with Gasteiger partial charge in [-0.2, -0.15) is 9.50 Å². The Bertz CT molecular complexity index is 1010. The number of fused-ring (bicyclic) bond motifs is 1. The zero-order valence-electron chi connectivity index (χ0n) is 15.2. The fourth-order valence-electron chi connectivity index (χ4n) is 3.61. The summed E-state index contributed by atoms with van der Waals surface area (Å²) in [5, 5.41) is 14.5. The number of amides is 1. The lowest BCUT2D eigenvalue weighted by atomic mass is 9.87. The highest BCUT2D eigenvalue weighted by Gasteiger charge is 2.33. The highest BCUT2D eigenvalue weighted by atomic mass is 19.3. The largest absolute Gasteiger partial charge is 0.391 e. The van der Waals surface area contributed by atoms with Crippen molar-refractivity contribution in [2.75, 3.05) is 13.1 Å². The minimum absolute atomic E-state index is 0.0432. The number of carbonyl (C=O) groups excluding carboxylic acids is 1. The van der Waals surface area contributed by atoms with Crippen LogP contribution in [0.25, 0.3) is 5.78 Å². The molecule has 4 rings (SSSR count). The summed E-state index contributed by atoms with van der Waals surface area (Å²) in [7, 11) is 0. The van der Waals surface area contributed by atoms with Crippen LogP contribution in [0.4, 0.5) is 8.78 Å². The predicted octanol–water partition coefficient (Wildman–Crippen LogP) is 2.36. The van der Waals surface area contributed by atoms with Gasteiger partial charge in [0.05, 0.1) is 6.10 Å². The number of halogens is 2. The van der Waals surface area contributed by atoms with Crippen LogP contribution in [0.2, 0.25) is 0 Å². The molecule has 1 saturated heterocycles. The lowest BCUT2D eigenvalue weighted by Gasteiger charge is -2.35. The fraction of sp³-hybridized carbons (Fsp3) is 0.368. The molecule has 28 heavy (non-hydrogen) atoms. The average Bonchev–Trinajstić information content (AvgIpc) is 3.11. The number of piperidine rings is 1. The number of aliphatic hydroxyl groups excluding tert-OH is 1. The van der Waals surface area contributed by atoms with Gasteiger partial charge in [-0.15, -0.1) is 5.10 Å². The van der Waals surface area contributed by atoms with Gasteiger partial charge in [0.2, 0.25) is 5.82 Å². The van der Waals surface area contributed by atoms with Crippen LogP contribution in [0.3, 0.4) is 0 Å². The van der Waals surface area contributed by atoms with E-state index in [-0.39, 0.29) is 29.8 Å². The molecule has 1 aliphatic heterocycles. The normalized spacial score (nSPS) is 20.1. The lowest BCUT2D eigenvalue weighted by Crippen LogP contribution is -2.46. The molecule has 0 unspecified atom stereocenters. The van der Waals surface area contributed by atoms with Crippen LogP contribution in [-0.4, -0.2) is 54.7 Å². The number of benzene rings is 1. The van der Waals surface area contributed by atoms with Crippen molar-refractivity contribution >= 4 is 11.7 Å². The smallest absolute Gasteiger partial charge is 0.293 e. The second kappa shape index (κ2) is 7.23. The van der Waals surface area contributed by atoms with Crippen molar-refractivity contribution in [2.24, 2.45) is 0 Å². The van der Waals surface area contributed by atoms with Gasteiger partial charge in [0.25, 0.3) is 18.1 Å². The SMILES string of the molecule is Cc1cc(C(F)F)n2nc(C(=O)N3CC[C@@H](c4ccccc4)[C@H](O)C3)nc2n1. The van der Waals surface area contributed by atoms with Crippen molar-refractivity contribution in [3.05, 3.63) is 59.2 Å². The average molecular weight is 387 g/mol. The Balaban J connectivity index is 1.56. The lowest BCUT2D eigenvalue weighted by molar-refractivity contribution is 0.0373. The van der Waals surface area contributed by atoms with Crippen LogP contribution in [0.1, 0.15) is 46.3 Å². The number of aromatic nitrogens is 4. The zero-order chi connectivity index (χ0) is 19.8. The highest BCUT2D eigenvalue weighted by molar-refractivity contribution is 5.91. The summed E-state index contributed by atoms with van der Waals surface area (Å²) >= 11 is 0. The van der Waals surface area contributed by atoms with E-state index in [0.29, 0.717) is 18.7 Å². The fourth-order valence-corrected chi connectivity index (χ4v) is 3.61. The van der Waals surface area contributed by atoms with E-state index >= 15 is 0 Å². The van der Waals surface area contributed by atoms with Gasteiger partial charge in [0.15, 0.2) is 0 Å². The topological polar surface area (TPSA) is 83.6 Å². The van der Waals surface area contributed by atoms with Crippen molar-refractivity contribution in [1.29, 1.82) is 0 Å². The van der Waals surface area contributed by atoms with Crippen molar-refractivity contribution in [3.63, 3.8) is 0 Å². The van der Waals surface area contributed by atoms with Gasteiger partial charge in [0, 0.05) is 24.7 Å². The third-order valence-electron chi connectivity index (χ3n) is 4.98. The predicted molar refractivity (Wildman–Crippen MR) is 96.2 cm³/mol. The molecule has 1 amide bonds. The molecular weight excluding hydrogens is 368 g/mol. The monoisotopic (exact) mass is 387 g/mol. The molecule has 3 heterocycles. The Labute approximate surface area is 159 Å². The Morgan fingerprint density at radius 1 is 1.25 bits per heavy atom. The zero-order valence-corrected chi connectivity index (χ0v) is 15.2. The first-order valence-electron chi connectivity index (χ1n) is 8.99. The summed E-state index contributed by atoms with van der Waals surface area (Å²) in [4.78, 5) is 22.3. The summed E-state index contributed by atoms with van der Waals surface area (Å²) in [6, 6.07) is 10.9. The third kappa shape index (κ3) is 3.33. The molecule has 146 valence electrons. The molecular formula is C19H19F2N5O2. The Hall–Kier alpha value is -2.94. The van der Waals surface area contributed by atoms with Crippen LogP contribution >= 0.6 is 0 Å². The van der Waals surface area contributed by atoms with Crippen molar-refractivity contribution in [3.8, 4) is 0 Å². The summed E-state index contributed by atoms with van der Waals surface area (Å²) in [6.07, 6.45) is -2.91. The number of β-amino-alcohol motifs (C(OH)–C–C–N with tert-alkyl or cyclic N) is 1. The molecule has 1 aliphatic rings. The van der Waals surface area contributed by atoms with Crippen LogP contribution < -0.4 is 0 Å². The molecule has 0 aliphatic carbocycles. The van der Waals surface area contributed by atoms with Crippen LogP contribution in [-0.2, 0) is 0 Å². The maximum Gasteiger partial charge on any atom is 0.293 e. The van der Waals surface area contributed by atoms with Gasteiger partial charge in [-0.3, -0.25) is 4.79 Å². The number of carbonyl (C=O) groups is 1. The molecule has 0 radical (unpaired) electrons. The summed E-state index contributed by atoms with van der Waals surface area (Å²) in [6.45, 7) is 2.12. The van der Waals surface area contributed by atoms with Gasteiger partial charge in [-0.1, -0.05) is 30.3 Å². The van der Waals surface area contributed by atoms with E-state index in [4.69, 9.17) is 0 Å². The standard InChI is InChI=1S/C19H19F2N5O2/c1-11-9-14(16(20)21)26-19(22-11)23-17(24-26)18(28)25-8-7-13(15(27)10-25)12-5-3-2-4-6-12/h2-6,9,13,15-16,27H,7-8,10H2,1H3/t13-,15+/m0/s1. The molecule has 0 spiro atoms. The summed E-state index contributed by atoms with van der Waals surface area (Å²) in [5.41, 5.74) is 1.03. The summed E-state index contributed by atoms with van der Waals surface area (Å²) < 4.78 is 27.4. The molecule has 1 fully saturated rings. The van der Waals surface area contributed by atoms with E-state index in [2.05, 4.69) is 15.1 Å². The molecule has 9 heteroatoms. The maximum absolute atomic E-state index is 13.3. The van der Waals surface area contributed by atoms with Gasteiger partial charge in [-0.25, -0.2) is 13.8 Å². The van der Waals surface area contributed by atoms with E-state index in [1.54, 1.807) is 6.92 Å². The van der Waals surface area contributed by atoms with Crippen molar-refractivity contribution < 1.29 is 18.7 Å². The number of alkyl halides is 2. The maximum atomic E-state index is 13.3. The van der Waals surface area contributed by atoms with Crippen LogP contribution in [0.15, 0.2) is 36.4 Å². The third-order valence-corrected chi connectivity index (χ3v) is 4.98. The van der Waals surface area contributed by atoms with Gasteiger partial charge in [0.1, 0.15) is 5.69 Å². The Kier molecular flexibility index (Phi) is 4.76. The molecule has 1 aromatic carbocycles. The minimum Gasteiger partial charge on any atom is -0.391 e. The van der Waals surface area contributed by atoms with Crippen LogP contribution in [0.5, 0.6) is 0 Å². The van der Waals surface area contributed by atoms with Crippen molar-refractivity contribution in [1.82, 2.24) is 24.5 Å². The van der Waals surface area contributed by atoms with Gasteiger partial charge < -0.3 is 10.0 Å². The number of aliphatic hydroxyl groups is 1. The molecule has 0 saturated carbocycles. The molecule has 1 N–H and O–H groups in total. The number of hydrogen-bond acceptors (Lipinski definition) is 5. The second-order valence-electron chi connectivity index (χ2n) is 6.89. The number of aryl methyl sites for hydroxylation is 1. The van der Waals surface area contributed by atoms with E-state index < -0.39 is 18.4 Å². The Morgan fingerprint density at radius 2 is 2.00 bits per heavy atom. The van der Waals surface area contributed by atoms with E-state index in [1.807, 2.05) is 30.3 Å². The van der Waals surface area contributed by atoms with Crippen LogP contribution in [0, 0.1) is 6.92 Å². The molecule has 2 atom stereocenters. The van der Waals surface area contributed by atoms with Gasteiger partial charge >= 0.3 is 0 Å². The number of nitrogens with zero attached hydrogens (tertiary/aromatic N) is 5. The Morgan fingerprint density at radius 3 is 2.68 bits per heavy atom. The molecule has 2 aromatic heterocycles. The number of rotatable bonds is 3.